The molecule has 1 radical (unpaired) electrons. The number of para-hydroxylation sites is 1. The van der Waals surface area contributed by atoms with Gasteiger partial charge in [-0.25, -0.2) is 0 Å². The first-order valence-corrected chi connectivity index (χ1v) is 5.50. The summed E-state index contributed by atoms with van der Waals surface area (Å²) in [5.74, 6) is 0. The first-order chi connectivity index (χ1) is 8.43. The Hall–Kier alpha value is -1.70. The van der Waals surface area contributed by atoms with Crippen molar-refractivity contribution in [1.29, 1.82) is 0 Å². The third-order valence-electron chi connectivity index (χ3n) is 2.62. The van der Waals surface area contributed by atoms with Crippen molar-refractivity contribution in [3.05, 3.63) is 73.2 Å². The van der Waals surface area contributed by atoms with Crippen LogP contribution in [0.2, 0.25) is 0 Å². The van der Waals surface area contributed by atoms with E-state index in [9.17, 15) is 0 Å². The second kappa shape index (κ2) is 5.76. The van der Waals surface area contributed by atoms with Gasteiger partial charge in [-0.15, -0.1) is 35.9 Å². The molecule has 0 saturated carbocycles. The van der Waals surface area contributed by atoms with Gasteiger partial charge < -0.3 is 4.57 Å². The maximum Gasteiger partial charge on any atom is 0.0883 e. The Morgan fingerprint density at radius 2 is 1.72 bits per heavy atom. The summed E-state index contributed by atoms with van der Waals surface area (Å²) in [6.07, 6.45) is 3.84. The number of nitrogens with zero attached hydrogens (tertiary/aromatic N) is 2. The summed E-state index contributed by atoms with van der Waals surface area (Å²) < 4.78 is 2.01. The van der Waals surface area contributed by atoms with Gasteiger partial charge in [0.15, 0.2) is 0 Å². The molecule has 2 aromatic carbocycles. The Kier molecular flexibility index (Phi) is 4.08. The Balaban J connectivity index is 0.00000120. The molecular weight excluding hydrogens is 400 g/mol. The van der Waals surface area contributed by atoms with Gasteiger partial charge in [-0.1, -0.05) is 18.2 Å². The van der Waals surface area contributed by atoms with Crippen LogP contribution in [-0.2, 0) is 20.1 Å². The number of imidazole rings is 1. The summed E-state index contributed by atoms with van der Waals surface area (Å²) in [4.78, 5) is 4.39. The summed E-state index contributed by atoms with van der Waals surface area (Å²) >= 11 is 0. The number of hydrogen-bond acceptors (Lipinski definition) is 1. The van der Waals surface area contributed by atoms with E-state index in [4.69, 9.17) is 0 Å². The zero-order valence-corrected chi connectivity index (χ0v) is 12.0. The van der Waals surface area contributed by atoms with Crippen LogP contribution in [0.5, 0.6) is 0 Å². The van der Waals surface area contributed by atoms with Gasteiger partial charge in [-0.05, 0) is 18.3 Å². The van der Waals surface area contributed by atoms with Gasteiger partial charge in [0.1, 0.15) is 0 Å². The molecule has 1 heterocycles. The standard InChI is InChI=1S/C15H11N2.Ir/c1-3-7-13(8-4-1)15-11-17(12-16-15)14-9-5-2-6-10-14;/h1-7,9-12H;/q-1;. The predicted molar refractivity (Wildman–Crippen MR) is 67.8 cm³/mol. The van der Waals surface area contributed by atoms with Crippen LogP contribution < -0.4 is 0 Å². The summed E-state index contributed by atoms with van der Waals surface area (Å²) in [5.41, 5.74) is 3.07. The molecule has 3 rings (SSSR count). The van der Waals surface area contributed by atoms with Crippen LogP contribution >= 0.6 is 0 Å². The van der Waals surface area contributed by atoms with Crippen LogP contribution in [0.1, 0.15) is 0 Å². The maximum absolute atomic E-state index is 4.39. The fraction of sp³-hybridized carbons (Fsp3) is 0. The van der Waals surface area contributed by atoms with Crippen LogP contribution in [0.3, 0.4) is 0 Å². The molecule has 1 aromatic heterocycles. The summed E-state index contributed by atoms with van der Waals surface area (Å²) in [5, 5.41) is 0. The maximum atomic E-state index is 4.39. The van der Waals surface area contributed by atoms with Crippen molar-refractivity contribution in [2.45, 2.75) is 0 Å². The molecule has 0 atom stereocenters. The predicted octanol–water partition coefficient (Wildman–Crippen LogP) is 3.34. The molecule has 0 fully saturated rings. The molecule has 0 aliphatic heterocycles. The fourth-order valence-corrected chi connectivity index (χ4v) is 1.76. The van der Waals surface area contributed by atoms with Crippen LogP contribution in [0.4, 0.5) is 0 Å². The van der Waals surface area contributed by atoms with Crippen molar-refractivity contribution in [3.63, 3.8) is 0 Å². The third-order valence-corrected chi connectivity index (χ3v) is 2.62. The Bertz CT molecular complexity index is 549. The minimum atomic E-state index is 0. The van der Waals surface area contributed by atoms with E-state index in [2.05, 4.69) is 23.2 Å². The molecule has 0 aliphatic carbocycles. The molecule has 2 nitrogen and oxygen atoms in total. The molecule has 0 amide bonds. The third kappa shape index (κ3) is 2.58. The van der Waals surface area contributed by atoms with Crippen molar-refractivity contribution in [2.75, 3.05) is 0 Å². The van der Waals surface area contributed by atoms with Crippen LogP contribution in [0.25, 0.3) is 16.9 Å². The Morgan fingerprint density at radius 3 is 2.44 bits per heavy atom. The van der Waals surface area contributed by atoms with Gasteiger partial charge in [0, 0.05) is 31.5 Å². The minimum Gasteiger partial charge on any atom is -0.316 e. The van der Waals surface area contributed by atoms with E-state index < -0.39 is 0 Å². The van der Waals surface area contributed by atoms with Gasteiger partial charge in [0.25, 0.3) is 0 Å². The largest absolute Gasteiger partial charge is 0.316 e. The van der Waals surface area contributed by atoms with Crippen molar-refractivity contribution >= 4 is 0 Å². The van der Waals surface area contributed by atoms with E-state index in [0.717, 1.165) is 16.9 Å². The number of rotatable bonds is 2. The van der Waals surface area contributed by atoms with Crippen LogP contribution in [0, 0.1) is 6.07 Å². The van der Waals surface area contributed by atoms with Gasteiger partial charge in [0.05, 0.1) is 6.33 Å². The van der Waals surface area contributed by atoms with Crippen molar-refractivity contribution in [2.24, 2.45) is 0 Å². The first kappa shape index (κ1) is 12.7. The molecule has 0 aliphatic rings. The number of aromatic nitrogens is 2. The second-order valence-corrected chi connectivity index (χ2v) is 3.78. The Labute approximate surface area is 120 Å². The van der Waals surface area contributed by atoms with Gasteiger partial charge >= 0.3 is 0 Å². The molecule has 3 heteroatoms. The quantitative estimate of drug-likeness (QED) is 0.592. The van der Waals surface area contributed by atoms with Gasteiger partial charge in [-0.2, -0.15) is 0 Å². The van der Waals surface area contributed by atoms with E-state index in [0.29, 0.717) is 0 Å². The second-order valence-electron chi connectivity index (χ2n) is 3.78. The monoisotopic (exact) mass is 412 g/mol. The van der Waals surface area contributed by atoms with E-state index in [1.54, 1.807) is 0 Å². The molecule has 0 N–H and O–H groups in total. The minimum absolute atomic E-state index is 0. The molecule has 91 valence electrons. The first-order valence-electron chi connectivity index (χ1n) is 5.50. The zero-order chi connectivity index (χ0) is 11.5. The summed E-state index contributed by atoms with van der Waals surface area (Å²) in [7, 11) is 0. The SMILES string of the molecule is [Ir].[c-]1ccccc1-c1cn(-c2ccccc2)cn1. The number of benzene rings is 2. The molecule has 0 bridgehead atoms. The Morgan fingerprint density at radius 1 is 0.944 bits per heavy atom. The van der Waals surface area contributed by atoms with Gasteiger partial charge in [-0.3, -0.25) is 4.98 Å². The van der Waals surface area contributed by atoms with E-state index in [1.807, 2.05) is 59.6 Å². The number of hydrogen-bond donors (Lipinski definition) is 0. The van der Waals surface area contributed by atoms with Crippen LogP contribution in [0.15, 0.2) is 67.1 Å². The summed E-state index contributed by atoms with van der Waals surface area (Å²) in [6, 6.07) is 21.2. The van der Waals surface area contributed by atoms with Crippen molar-refractivity contribution in [3.8, 4) is 16.9 Å². The smallest absolute Gasteiger partial charge is 0.0883 e. The zero-order valence-electron chi connectivity index (χ0n) is 9.58. The van der Waals surface area contributed by atoms with Crippen molar-refractivity contribution in [1.82, 2.24) is 9.55 Å². The molecule has 3 aromatic rings. The molecule has 0 spiro atoms. The average Bonchev–Trinajstić information content (AvgIpc) is 2.90. The average molecular weight is 411 g/mol. The van der Waals surface area contributed by atoms with E-state index >= 15 is 0 Å². The van der Waals surface area contributed by atoms with E-state index in [1.165, 1.54) is 0 Å². The molecule has 0 saturated heterocycles. The normalized spacial score (nSPS) is 9.78. The topological polar surface area (TPSA) is 17.8 Å². The van der Waals surface area contributed by atoms with E-state index in [-0.39, 0.29) is 20.1 Å². The van der Waals surface area contributed by atoms with Crippen molar-refractivity contribution < 1.29 is 20.1 Å². The summed E-state index contributed by atoms with van der Waals surface area (Å²) in [6.45, 7) is 0. The molecular formula is C15H11IrN2-. The molecule has 0 unspecified atom stereocenters. The van der Waals surface area contributed by atoms with Crippen LogP contribution in [-0.4, -0.2) is 9.55 Å². The fourth-order valence-electron chi connectivity index (χ4n) is 1.76. The van der Waals surface area contributed by atoms with Gasteiger partial charge in [0.2, 0.25) is 0 Å². The molecule has 18 heavy (non-hydrogen) atoms.